The molecule has 2 rings (SSSR count). The first-order valence-electron chi connectivity index (χ1n) is 4.72. The zero-order valence-corrected chi connectivity index (χ0v) is 8.13. The lowest BCUT2D eigenvalue weighted by atomic mass is 9.96. The third-order valence-electron chi connectivity index (χ3n) is 3.19. The van der Waals surface area contributed by atoms with Gasteiger partial charge in [0.1, 0.15) is 5.84 Å². The fourth-order valence-corrected chi connectivity index (χ4v) is 2.70. The molecule has 2 aliphatic carbocycles. The lowest BCUT2D eigenvalue weighted by molar-refractivity contribution is 0.420. The van der Waals surface area contributed by atoms with Crippen molar-refractivity contribution in [3.63, 3.8) is 0 Å². The highest BCUT2D eigenvalue weighted by atomic mass is 32.1. The molecule has 2 bridgehead atoms. The van der Waals surface area contributed by atoms with Crippen LogP contribution in [0.25, 0.3) is 0 Å². The van der Waals surface area contributed by atoms with Gasteiger partial charge in [-0.3, -0.25) is 4.99 Å². The number of amidine groups is 1. The molecule has 2 nitrogen and oxygen atoms in total. The molecular weight excluding hydrogens is 168 g/mol. The van der Waals surface area contributed by atoms with Crippen molar-refractivity contribution in [2.45, 2.75) is 31.7 Å². The van der Waals surface area contributed by atoms with Crippen LogP contribution in [0, 0.1) is 11.8 Å². The van der Waals surface area contributed by atoms with Crippen LogP contribution >= 0.6 is 12.6 Å². The highest BCUT2D eigenvalue weighted by Crippen LogP contribution is 2.45. The maximum atomic E-state index is 5.66. The summed E-state index contributed by atoms with van der Waals surface area (Å²) in [6.45, 7) is 0. The smallest absolute Gasteiger partial charge is 0.104 e. The molecule has 2 N–H and O–H groups in total. The van der Waals surface area contributed by atoms with Crippen LogP contribution in [0.5, 0.6) is 0 Å². The minimum Gasteiger partial charge on any atom is -0.387 e. The molecule has 3 heteroatoms. The molecule has 68 valence electrons. The second-order valence-corrected chi connectivity index (χ2v) is 4.34. The van der Waals surface area contributed by atoms with Crippen LogP contribution in [-0.4, -0.2) is 17.6 Å². The summed E-state index contributed by atoms with van der Waals surface area (Å²) >= 11 is 4.10. The van der Waals surface area contributed by atoms with Crippen molar-refractivity contribution < 1.29 is 0 Å². The van der Waals surface area contributed by atoms with Crippen LogP contribution in [0.2, 0.25) is 0 Å². The predicted octanol–water partition coefficient (Wildman–Crippen LogP) is 1.46. The van der Waals surface area contributed by atoms with Crippen molar-refractivity contribution in [3.8, 4) is 0 Å². The van der Waals surface area contributed by atoms with Gasteiger partial charge in [0.15, 0.2) is 0 Å². The molecule has 2 aliphatic rings. The monoisotopic (exact) mass is 184 g/mol. The topological polar surface area (TPSA) is 38.4 Å². The van der Waals surface area contributed by atoms with Gasteiger partial charge in [-0.2, -0.15) is 12.6 Å². The summed E-state index contributed by atoms with van der Waals surface area (Å²) in [6.07, 6.45) is 5.48. The lowest BCUT2D eigenvalue weighted by Crippen LogP contribution is -2.21. The molecule has 0 amide bonds. The zero-order valence-electron chi connectivity index (χ0n) is 7.24. The molecule has 12 heavy (non-hydrogen) atoms. The van der Waals surface area contributed by atoms with Crippen molar-refractivity contribution in [2.75, 3.05) is 5.75 Å². The summed E-state index contributed by atoms with van der Waals surface area (Å²) in [6, 6.07) is 0.538. The van der Waals surface area contributed by atoms with E-state index in [1.165, 1.54) is 25.7 Å². The van der Waals surface area contributed by atoms with E-state index in [1.54, 1.807) is 0 Å². The Morgan fingerprint density at radius 1 is 1.42 bits per heavy atom. The van der Waals surface area contributed by atoms with E-state index in [-0.39, 0.29) is 0 Å². The van der Waals surface area contributed by atoms with Gasteiger partial charge in [0.2, 0.25) is 0 Å². The van der Waals surface area contributed by atoms with E-state index >= 15 is 0 Å². The Hall–Kier alpha value is -0.180. The van der Waals surface area contributed by atoms with Crippen LogP contribution in [0.4, 0.5) is 0 Å². The lowest BCUT2D eigenvalue weighted by Gasteiger charge is -2.17. The molecule has 0 unspecified atom stereocenters. The molecule has 0 aromatic carbocycles. The van der Waals surface area contributed by atoms with E-state index in [0.717, 1.165) is 17.7 Å². The molecule has 2 saturated carbocycles. The van der Waals surface area contributed by atoms with E-state index < -0.39 is 0 Å². The quantitative estimate of drug-likeness (QED) is 0.380. The number of nitrogens with zero attached hydrogens (tertiary/aromatic N) is 1. The van der Waals surface area contributed by atoms with Gasteiger partial charge in [-0.15, -0.1) is 0 Å². The van der Waals surface area contributed by atoms with Crippen molar-refractivity contribution in [2.24, 2.45) is 22.6 Å². The Bertz CT molecular complexity index is 203. The first kappa shape index (κ1) is 8.42. The van der Waals surface area contributed by atoms with Crippen LogP contribution in [0.3, 0.4) is 0 Å². The average Bonchev–Trinajstić information content (AvgIpc) is 2.64. The van der Waals surface area contributed by atoms with E-state index in [4.69, 9.17) is 5.73 Å². The largest absolute Gasteiger partial charge is 0.387 e. The van der Waals surface area contributed by atoms with E-state index in [0.29, 0.717) is 11.8 Å². The van der Waals surface area contributed by atoms with Crippen molar-refractivity contribution in [3.05, 3.63) is 0 Å². The highest BCUT2D eigenvalue weighted by molar-refractivity contribution is 7.81. The standard InChI is InChI=1S/C9H16N2S/c10-9(5-12)11-8-4-6-1-2-7(8)3-6/h6-8,12H,1-5H2,(H2,10,11)/t6-,7-,8+/m0/s1. The number of thiol groups is 1. The number of hydrogen-bond acceptors (Lipinski definition) is 2. The molecule has 0 heterocycles. The number of fused-ring (bicyclic) bond motifs is 2. The van der Waals surface area contributed by atoms with Crippen molar-refractivity contribution in [1.82, 2.24) is 0 Å². The van der Waals surface area contributed by atoms with E-state index in [2.05, 4.69) is 17.6 Å². The van der Waals surface area contributed by atoms with Gasteiger partial charge in [-0.25, -0.2) is 0 Å². The molecule has 0 radical (unpaired) electrons. The average molecular weight is 184 g/mol. The molecule has 0 aromatic heterocycles. The predicted molar refractivity (Wildman–Crippen MR) is 54.7 cm³/mol. The second kappa shape index (κ2) is 3.29. The normalized spacial score (nSPS) is 40.8. The fraction of sp³-hybridized carbons (Fsp3) is 0.889. The maximum absolute atomic E-state index is 5.66. The van der Waals surface area contributed by atoms with Crippen LogP contribution in [0.15, 0.2) is 4.99 Å². The molecule has 0 saturated heterocycles. The molecule has 0 aliphatic heterocycles. The third-order valence-corrected chi connectivity index (χ3v) is 3.52. The molecular formula is C9H16N2S. The Morgan fingerprint density at radius 2 is 2.25 bits per heavy atom. The van der Waals surface area contributed by atoms with Gasteiger partial charge in [0.25, 0.3) is 0 Å². The number of rotatable bonds is 2. The zero-order chi connectivity index (χ0) is 8.55. The van der Waals surface area contributed by atoms with Crippen LogP contribution in [0.1, 0.15) is 25.7 Å². The summed E-state index contributed by atoms with van der Waals surface area (Å²) in [7, 11) is 0. The first-order valence-corrected chi connectivity index (χ1v) is 5.36. The molecule has 3 atom stereocenters. The van der Waals surface area contributed by atoms with Crippen LogP contribution < -0.4 is 5.73 Å². The van der Waals surface area contributed by atoms with Crippen LogP contribution in [-0.2, 0) is 0 Å². The Labute approximate surface area is 79.0 Å². The summed E-state index contributed by atoms with van der Waals surface area (Å²) in [4.78, 5) is 4.50. The van der Waals surface area contributed by atoms with Gasteiger partial charge in [0.05, 0.1) is 6.04 Å². The minimum absolute atomic E-state index is 0.538. The van der Waals surface area contributed by atoms with Crippen molar-refractivity contribution in [1.29, 1.82) is 0 Å². The third kappa shape index (κ3) is 1.47. The first-order chi connectivity index (χ1) is 5.79. The SMILES string of the molecule is NC(CS)=N[C@@H]1C[C@H]2CC[C@H]1C2. The Morgan fingerprint density at radius 3 is 2.75 bits per heavy atom. The van der Waals surface area contributed by atoms with E-state index in [1.807, 2.05) is 0 Å². The molecule has 0 spiro atoms. The van der Waals surface area contributed by atoms with Gasteiger partial charge in [0, 0.05) is 5.75 Å². The van der Waals surface area contributed by atoms with Gasteiger partial charge < -0.3 is 5.73 Å². The van der Waals surface area contributed by atoms with Crippen molar-refractivity contribution >= 4 is 18.5 Å². The van der Waals surface area contributed by atoms with Gasteiger partial charge >= 0.3 is 0 Å². The number of nitrogens with two attached hydrogens (primary N) is 1. The summed E-state index contributed by atoms with van der Waals surface area (Å²) < 4.78 is 0. The second-order valence-electron chi connectivity index (χ2n) is 4.02. The van der Waals surface area contributed by atoms with Gasteiger partial charge in [-0.05, 0) is 31.1 Å². The summed E-state index contributed by atoms with van der Waals surface area (Å²) in [5.74, 6) is 3.12. The Balaban J connectivity index is 1.98. The fourth-order valence-electron chi connectivity index (χ4n) is 2.62. The number of hydrogen-bond donors (Lipinski definition) is 2. The summed E-state index contributed by atoms with van der Waals surface area (Å²) in [5.41, 5.74) is 5.66. The molecule has 0 aromatic rings. The van der Waals surface area contributed by atoms with E-state index in [9.17, 15) is 0 Å². The van der Waals surface area contributed by atoms with Gasteiger partial charge in [-0.1, -0.05) is 6.42 Å². The summed E-state index contributed by atoms with van der Waals surface area (Å²) in [5, 5.41) is 0. The maximum Gasteiger partial charge on any atom is 0.104 e. The highest BCUT2D eigenvalue weighted by Gasteiger charge is 2.39. The minimum atomic E-state index is 0.538. The Kier molecular flexibility index (Phi) is 2.31. The molecule has 2 fully saturated rings. The number of aliphatic imine (C=N–C) groups is 1.